The zero-order valence-electron chi connectivity index (χ0n) is 12.4. The van der Waals surface area contributed by atoms with Gasteiger partial charge in [0.25, 0.3) is 0 Å². The normalized spacial score (nSPS) is 14.5. The lowest BCUT2D eigenvalue weighted by Gasteiger charge is -2.16. The molecule has 21 heavy (non-hydrogen) atoms. The number of nitrogens with two attached hydrogens (primary N) is 1. The number of aryl methyl sites for hydroxylation is 1. The molecule has 3 rings (SSSR count). The molecule has 1 aliphatic rings. The van der Waals surface area contributed by atoms with E-state index in [9.17, 15) is 0 Å². The lowest BCUT2D eigenvalue weighted by Crippen LogP contribution is -2.22. The highest BCUT2D eigenvalue weighted by Gasteiger charge is 2.17. The third-order valence-electron chi connectivity index (χ3n) is 3.88. The SMILES string of the molecule is Cc1cccc(Nc2nc(N)nc(N3CCCC3)n2)c1C. The summed E-state index contributed by atoms with van der Waals surface area (Å²) >= 11 is 0. The Morgan fingerprint density at radius 2 is 1.86 bits per heavy atom. The first-order valence-corrected chi connectivity index (χ1v) is 7.23. The largest absolute Gasteiger partial charge is 0.368 e. The Labute approximate surface area is 124 Å². The third kappa shape index (κ3) is 2.89. The van der Waals surface area contributed by atoms with E-state index in [1.807, 2.05) is 12.1 Å². The molecule has 1 aromatic heterocycles. The Morgan fingerprint density at radius 3 is 2.62 bits per heavy atom. The number of rotatable bonds is 3. The second kappa shape index (κ2) is 5.55. The molecule has 2 heterocycles. The summed E-state index contributed by atoms with van der Waals surface area (Å²) in [5.74, 6) is 1.41. The molecule has 1 saturated heterocycles. The molecule has 1 aromatic carbocycles. The van der Waals surface area contributed by atoms with Crippen molar-refractivity contribution in [1.29, 1.82) is 0 Å². The van der Waals surface area contributed by atoms with Crippen molar-refractivity contribution < 1.29 is 0 Å². The quantitative estimate of drug-likeness (QED) is 0.901. The first-order chi connectivity index (χ1) is 10.1. The predicted molar refractivity (Wildman–Crippen MR) is 84.9 cm³/mol. The number of nitrogens with zero attached hydrogens (tertiary/aromatic N) is 4. The maximum Gasteiger partial charge on any atom is 0.233 e. The van der Waals surface area contributed by atoms with Crippen LogP contribution in [0.2, 0.25) is 0 Å². The minimum atomic E-state index is 0.250. The topological polar surface area (TPSA) is 80.0 Å². The zero-order valence-corrected chi connectivity index (χ0v) is 12.4. The summed E-state index contributed by atoms with van der Waals surface area (Å²) < 4.78 is 0. The number of anilines is 4. The molecule has 0 aliphatic carbocycles. The molecule has 6 heteroatoms. The van der Waals surface area contributed by atoms with Crippen molar-refractivity contribution in [2.24, 2.45) is 0 Å². The molecule has 110 valence electrons. The second-order valence-electron chi connectivity index (χ2n) is 5.38. The van der Waals surface area contributed by atoms with Crippen LogP contribution in [-0.2, 0) is 0 Å². The second-order valence-corrected chi connectivity index (χ2v) is 5.38. The molecule has 0 radical (unpaired) electrons. The Hall–Kier alpha value is -2.37. The highest BCUT2D eigenvalue weighted by molar-refractivity contribution is 5.61. The van der Waals surface area contributed by atoms with Crippen LogP contribution < -0.4 is 16.0 Å². The third-order valence-corrected chi connectivity index (χ3v) is 3.88. The number of hydrogen-bond acceptors (Lipinski definition) is 6. The smallest absolute Gasteiger partial charge is 0.233 e. The monoisotopic (exact) mass is 284 g/mol. The number of nitrogens with one attached hydrogen (secondary N) is 1. The standard InChI is InChI=1S/C15H20N6/c1-10-6-5-7-12(11(10)2)17-14-18-13(16)19-15(20-14)21-8-3-4-9-21/h5-7H,3-4,8-9H2,1-2H3,(H3,16,17,18,19,20). The molecule has 0 bridgehead atoms. The van der Waals surface area contributed by atoms with Gasteiger partial charge in [-0.05, 0) is 43.9 Å². The number of aromatic nitrogens is 3. The number of nitrogen functional groups attached to an aromatic ring is 1. The number of benzene rings is 1. The predicted octanol–water partition coefficient (Wildman–Crippen LogP) is 2.41. The van der Waals surface area contributed by atoms with Crippen molar-refractivity contribution in [3.05, 3.63) is 29.3 Å². The summed E-state index contributed by atoms with van der Waals surface area (Å²) in [6, 6.07) is 6.10. The minimum absolute atomic E-state index is 0.250. The minimum Gasteiger partial charge on any atom is -0.368 e. The van der Waals surface area contributed by atoms with Gasteiger partial charge < -0.3 is 16.0 Å². The molecule has 0 spiro atoms. The lowest BCUT2D eigenvalue weighted by molar-refractivity contribution is 0.887. The average molecular weight is 284 g/mol. The van der Waals surface area contributed by atoms with Gasteiger partial charge in [0.1, 0.15) is 0 Å². The van der Waals surface area contributed by atoms with Crippen LogP contribution in [0.1, 0.15) is 24.0 Å². The van der Waals surface area contributed by atoms with Gasteiger partial charge >= 0.3 is 0 Å². The van der Waals surface area contributed by atoms with Gasteiger partial charge in [-0.15, -0.1) is 0 Å². The molecule has 0 amide bonds. The van der Waals surface area contributed by atoms with Crippen LogP contribution in [0.3, 0.4) is 0 Å². The summed E-state index contributed by atoms with van der Waals surface area (Å²) in [7, 11) is 0. The summed E-state index contributed by atoms with van der Waals surface area (Å²) in [5.41, 5.74) is 9.22. The fourth-order valence-corrected chi connectivity index (χ4v) is 2.50. The Bertz CT molecular complexity index is 649. The van der Waals surface area contributed by atoms with E-state index in [4.69, 9.17) is 5.73 Å². The fraction of sp³-hybridized carbons (Fsp3) is 0.400. The van der Waals surface area contributed by atoms with Gasteiger partial charge in [-0.2, -0.15) is 15.0 Å². The van der Waals surface area contributed by atoms with E-state index >= 15 is 0 Å². The van der Waals surface area contributed by atoms with Crippen LogP contribution in [0.4, 0.5) is 23.5 Å². The highest BCUT2D eigenvalue weighted by Crippen LogP contribution is 2.23. The van der Waals surface area contributed by atoms with Gasteiger partial charge in [-0.25, -0.2) is 0 Å². The van der Waals surface area contributed by atoms with E-state index in [0.717, 1.165) is 18.8 Å². The molecule has 2 aromatic rings. The first-order valence-electron chi connectivity index (χ1n) is 7.23. The van der Waals surface area contributed by atoms with E-state index < -0.39 is 0 Å². The first kappa shape index (κ1) is 13.6. The van der Waals surface area contributed by atoms with Crippen molar-refractivity contribution in [3.63, 3.8) is 0 Å². The van der Waals surface area contributed by atoms with Gasteiger partial charge in [-0.3, -0.25) is 0 Å². The van der Waals surface area contributed by atoms with Crippen LogP contribution in [0.25, 0.3) is 0 Å². The summed E-state index contributed by atoms with van der Waals surface area (Å²) in [6.45, 7) is 6.11. The van der Waals surface area contributed by atoms with Crippen LogP contribution in [0, 0.1) is 13.8 Å². The van der Waals surface area contributed by atoms with E-state index in [1.165, 1.54) is 24.0 Å². The molecule has 0 saturated carbocycles. The molecular weight excluding hydrogens is 264 g/mol. The molecule has 1 aliphatic heterocycles. The molecule has 6 nitrogen and oxygen atoms in total. The van der Waals surface area contributed by atoms with Crippen LogP contribution in [0.15, 0.2) is 18.2 Å². The average Bonchev–Trinajstić information content (AvgIpc) is 2.97. The number of hydrogen-bond donors (Lipinski definition) is 2. The summed E-state index contributed by atoms with van der Waals surface area (Å²) in [6.07, 6.45) is 2.34. The molecule has 1 fully saturated rings. The Balaban J connectivity index is 1.89. The summed E-state index contributed by atoms with van der Waals surface area (Å²) in [4.78, 5) is 15.1. The maximum absolute atomic E-state index is 5.82. The van der Waals surface area contributed by atoms with Gasteiger partial charge in [0.15, 0.2) is 0 Å². The van der Waals surface area contributed by atoms with Gasteiger partial charge in [0, 0.05) is 18.8 Å². The molecule has 0 atom stereocenters. The van der Waals surface area contributed by atoms with Crippen molar-refractivity contribution in [2.75, 3.05) is 29.0 Å². The van der Waals surface area contributed by atoms with Crippen LogP contribution in [-0.4, -0.2) is 28.0 Å². The maximum atomic E-state index is 5.82. The molecule has 3 N–H and O–H groups in total. The van der Waals surface area contributed by atoms with Crippen molar-refractivity contribution >= 4 is 23.5 Å². The zero-order chi connectivity index (χ0) is 14.8. The van der Waals surface area contributed by atoms with E-state index in [1.54, 1.807) is 0 Å². The van der Waals surface area contributed by atoms with Gasteiger partial charge in [0.2, 0.25) is 17.8 Å². The van der Waals surface area contributed by atoms with Crippen molar-refractivity contribution in [1.82, 2.24) is 15.0 Å². The molecule has 0 unspecified atom stereocenters. The Morgan fingerprint density at radius 1 is 1.10 bits per heavy atom. The van der Waals surface area contributed by atoms with E-state index in [2.05, 4.69) is 45.1 Å². The lowest BCUT2D eigenvalue weighted by atomic mass is 10.1. The summed E-state index contributed by atoms with van der Waals surface area (Å²) in [5, 5.41) is 3.25. The van der Waals surface area contributed by atoms with Crippen LogP contribution in [0.5, 0.6) is 0 Å². The van der Waals surface area contributed by atoms with E-state index in [0.29, 0.717) is 11.9 Å². The van der Waals surface area contributed by atoms with Gasteiger partial charge in [0.05, 0.1) is 0 Å². The Kier molecular flexibility index (Phi) is 3.60. The van der Waals surface area contributed by atoms with Crippen molar-refractivity contribution in [2.45, 2.75) is 26.7 Å². The van der Waals surface area contributed by atoms with E-state index in [-0.39, 0.29) is 5.95 Å². The van der Waals surface area contributed by atoms with Crippen molar-refractivity contribution in [3.8, 4) is 0 Å². The highest BCUT2D eigenvalue weighted by atomic mass is 15.3. The van der Waals surface area contributed by atoms with Crippen LogP contribution >= 0.6 is 0 Å². The fourth-order valence-electron chi connectivity index (χ4n) is 2.50. The van der Waals surface area contributed by atoms with Gasteiger partial charge in [-0.1, -0.05) is 12.1 Å². The molecular formula is C15H20N6.